The van der Waals surface area contributed by atoms with E-state index in [1.165, 1.54) is 18.3 Å². The first-order valence-corrected chi connectivity index (χ1v) is 8.75. The second-order valence-corrected chi connectivity index (χ2v) is 6.96. The minimum absolute atomic E-state index is 0.250. The molecule has 6 nitrogen and oxygen atoms in total. The molecule has 134 valence electrons. The predicted molar refractivity (Wildman–Crippen MR) is 94.5 cm³/mol. The van der Waals surface area contributed by atoms with Gasteiger partial charge >= 0.3 is 11.9 Å². The van der Waals surface area contributed by atoms with Crippen molar-refractivity contribution >= 4 is 29.1 Å². The third-order valence-corrected chi connectivity index (χ3v) is 4.74. The first kappa shape index (κ1) is 18.9. The Morgan fingerprint density at radius 3 is 2.40 bits per heavy atom. The van der Waals surface area contributed by atoms with Crippen LogP contribution in [0.4, 0.5) is 0 Å². The summed E-state index contributed by atoms with van der Waals surface area (Å²) in [6, 6.07) is 3.49. The zero-order valence-corrected chi connectivity index (χ0v) is 15.7. The highest BCUT2D eigenvalue weighted by molar-refractivity contribution is 7.13. The van der Waals surface area contributed by atoms with Gasteiger partial charge in [-0.1, -0.05) is 0 Å². The predicted octanol–water partition coefficient (Wildman–Crippen LogP) is 3.61. The van der Waals surface area contributed by atoms with E-state index < -0.39 is 23.8 Å². The Kier molecular flexibility index (Phi) is 5.79. The molecule has 0 saturated carbocycles. The highest BCUT2D eigenvalue weighted by Gasteiger charge is 2.28. The van der Waals surface area contributed by atoms with Gasteiger partial charge in [-0.05, 0) is 52.3 Å². The molecule has 0 unspecified atom stereocenters. The van der Waals surface area contributed by atoms with Crippen molar-refractivity contribution in [1.82, 2.24) is 4.98 Å². The summed E-state index contributed by atoms with van der Waals surface area (Å²) in [7, 11) is 0. The van der Waals surface area contributed by atoms with Crippen molar-refractivity contribution < 1.29 is 23.9 Å². The number of rotatable bonds is 6. The number of carbonyl (C=O) groups is 3. The fourth-order valence-electron chi connectivity index (χ4n) is 2.53. The van der Waals surface area contributed by atoms with E-state index in [1.807, 2.05) is 13.0 Å². The smallest absolute Gasteiger partial charge is 0.349 e. The number of Topliss-reactive ketones (excluding diaryl/α,β-unsaturated/α-hetero) is 1. The standard InChI is InChI=1S/C18H21NO5S/c1-6-23-18(22)14-10(3)15(19-11(14)4)16(20)12(5)24-17(21)13-8-7-9(2)25-13/h7-8,12,19H,6H2,1-5H3/t12-/m1/s1. The van der Waals surface area contributed by atoms with Crippen molar-refractivity contribution in [3.8, 4) is 0 Å². The van der Waals surface area contributed by atoms with Gasteiger partial charge in [-0.2, -0.15) is 0 Å². The number of H-pyrrole nitrogens is 1. The van der Waals surface area contributed by atoms with E-state index in [9.17, 15) is 14.4 Å². The molecule has 0 radical (unpaired) electrons. The summed E-state index contributed by atoms with van der Waals surface area (Å²) in [5.74, 6) is -1.41. The number of thiophene rings is 1. The lowest BCUT2D eigenvalue weighted by molar-refractivity contribution is 0.0321. The average molecular weight is 363 g/mol. The normalized spacial score (nSPS) is 11.9. The molecule has 2 rings (SSSR count). The highest BCUT2D eigenvalue weighted by atomic mass is 32.1. The molecular weight excluding hydrogens is 342 g/mol. The fraction of sp³-hybridized carbons (Fsp3) is 0.389. The summed E-state index contributed by atoms with van der Waals surface area (Å²) < 4.78 is 10.3. The Bertz CT molecular complexity index is 818. The maximum absolute atomic E-state index is 12.6. The van der Waals surface area contributed by atoms with Crippen LogP contribution < -0.4 is 0 Å². The van der Waals surface area contributed by atoms with Crippen LogP contribution in [-0.2, 0) is 9.47 Å². The summed E-state index contributed by atoms with van der Waals surface area (Å²) >= 11 is 1.31. The van der Waals surface area contributed by atoms with Gasteiger partial charge in [0.1, 0.15) is 4.88 Å². The molecule has 0 saturated heterocycles. The number of ether oxygens (including phenoxy) is 2. The van der Waals surface area contributed by atoms with Crippen LogP contribution in [0, 0.1) is 20.8 Å². The number of carbonyl (C=O) groups excluding carboxylic acids is 3. The van der Waals surface area contributed by atoms with Crippen LogP contribution >= 0.6 is 11.3 Å². The molecule has 0 aliphatic carbocycles. The van der Waals surface area contributed by atoms with Gasteiger partial charge in [0.05, 0.1) is 17.9 Å². The number of esters is 2. The molecule has 7 heteroatoms. The molecular formula is C18H21NO5S. The second kappa shape index (κ2) is 7.65. The molecule has 1 atom stereocenters. The van der Waals surface area contributed by atoms with E-state index in [1.54, 1.807) is 26.8 Å². The van der Waals surface area contributed by atoms with Crippen LogP contribution in [0.5, 0.6) is 0 Å². The van der Waals surface area contributed by atoms with Gasteiger partial charge in [0.25, 0.3) is 0 Å². The first-order valence-electron chi connectivity index (χ1n) is 7.94. The molecule has 0 bridgehead atoms. The molecule has 0 aromatic carbocycles. The highest BCUT2D eigenvalue weighted by Crippen LogP contribution is 2.22. The lowest BCUT2D eigenvalue weighted by Crippen LogP contribution is -2.25. The molecule has 2 aromatic heterocycles. The topological polar surface area (TPSA) is 85.5 Å². The van der Waals surface area contributed by atoms with E-state index in [4.69, 9.17) is 9.47 Å². The number of hydrogen-bond donors (Lipinski definition) is 1. The van der Waals surface area contributed by atoms with Crippen molar-refractivity contribution in [3.05, 3.63) is 44.4 Å². The number of aryl methyl sites for hydroxylation is 2. The van der Waals surface area contributed by atoms with Crippen LogP contribution in [0.2, 0.25) is 0 Å². The lowest BCUT2D eigenvalue weighted by atomic mass is 10.1. The Hall–Kier alpha value is -2.41. The molecule has 2 heterocycles. The van der Waals surface area contributed by atoms with Crippen molar-refractivity contribution in [3.63, 3.8) is 0 Å². The number of nitrogens with one attached hydrogen (secondary N) is 1. The van der Waals surface area contributed by atoms with Crippen molar-refractivity contribution in [1.29, 1.82) is 0 Å². The maximum Gasteiger partial charge on any atom is 0.349 e. The molecule has 25 heavy (non-hydrogen) atoms. The summed E-state index contributed by atoms with van der Waals surface area (Å²) in [6.45, 7) is 8.73. The van der Waals surface area contributed by atoms with Gasteiger partial charge in [0.15, 0.2) is 6.10 Å². The quantitative estimate of drug-likeness (QED) is 0.626. The molecule has 0 aliphatic rings. The number of ketones is 1. The van der Waals surface area contributed by atoms with Gasteiger partial charge in [-0.3, -0.25) is 4.79 Å². The van der Waals surface area contributed by atoms with E-state index in [2.05, 4.69) is 4.98 Å². The van der Waals surface area contributed by atoms with Crippen LogP contribution in [0.3, 0.4) is 0 Å². The zero-order chi connectivity index (χ0) is 18.7. The van der Waals surface area contributed by atoms with Crippen molar-refractivity contribution in [2.24, 2.45) is 0 Å². The third-order valence-electron chi connectivity index (χ3n) is 3.76. The largest absolute Gasteiger partial charge is 0.462 e. The Morgan fingerprint density at radius 2 is 1.84 bits per heavy atom. The van der Waals surface area contributed by atoms with E-state index in [0.717, 1.165) is 4.88 Å². The third kappa shape index (κ3) is 3.99. The molecule has 1 N–H and O–H groups in total. The van der Waals surface area contributed by atoms with E-state index >= 15 is 0 Å². The monoisotopic (exact) mass is 363 g/mol. The van der Waals surface area contributed by atoms with Crippen molar-refractivity contribution in [2.45, 2.75) is 40.7 Å². The van der Waals surface area contributed by atoms with Crippen molar-refractivity contribution in [2.75, 3.05) is 6.61 Å². The SMILES string of the molecule is CCOC(=O)c1c(C)[nH]c(C(=O)[C@@H](C)OC(=O)c2ccc(C)s2)c1C. The zero-order valence-electron chi connectivity index (χ0n) is 14.9. The Balaban J connectivity index is 2.18. The summed E-state index contributed by atoms with van der Waals surface area (Å²) in [4.78, 5) is 41.1. The maximum atomic E-state index is 12.6. The lowest BCUT2D eigenvalue weighted by Gasteiger charge is -2.11. The van der Waals surface area contributed by atoms with Gasteiger partial charge < -0.3 is 14.5 Å². The van der Waals surface area contributed by atoms with Crippen LogP contribution in [0.1, 0.15) is 60.5 Å². The molecule has 0 aliphatic heterocycles. The van der Waals surface area contributed by atoms with E-state index in [-0.39, 0.29) is 12.3 Å². The van der Waals surface area contributed by atoms with Gasteiger partial charge in [-0.25, -0.2) is 9.59 Å². The number of aromatic nitrogens is 1. The fourth-order valence-corrected chi connectivity index (χ4v) is 3.28. The van der Waals surface area contributed by atoms with Gasteiger partial charge in [-0.15, -0.1) is 11.3 Å². The molecule has 2 aromatic rings. The summed E-state index contributed by atoms with van der Waals surface area (Å²) in [5.41, 5.74) is 1.64. The van der Waals surface area contributed by atoms with Crippen LogP contribution in [-0.4, -0.2) is 35.4 Å². The minimum Gasteiger partial charge on any atom is -0.462 e. The molecule has 0 spiro atoms. The number of aromatic amines is 1. The summed E-state index contributed by atoms with van der Waals surface area (Å²) in [5, 5.41) is 0. The second-order valence-electron chi connectivity index (χ2n) is 5.67. The van der Waals surface area contributed by atoms with Crippen LogP contribution in [0.25, 0.3) is 0 Å². The van der Waals surface area contributed by atoms with Gasteiger partial charge in [0.2, 0.25) is 5.78 Å². The van der Waals surface area contributed by atoms with E-state index in [0.29, 0.717) is 21.7 Å². The Morgan fingerprint density at radius 1 is 1.16 bits per heavy atom. The van der Waals surface area contributed by atoms with Crippen LogP contribution in [0.15, 0.2) is 12.1 Å². The summed E-state index contributed by atoms with van der Waals surface area (Å²) in [6.07, 6.45) is -0.971. The molecule has 0 amide bonds. The Labute approximate surface area is 150 Å². The molecule has 0 fully saturated rings. The van der Waals surface area contributed by atoms with Gasteiger partial charge in [0, 0.05) is 10.6 Å². The first-order chi connectivity index (χ1) is 11.8. The minimum atomic E-state index is -0.971. The number of hydrogen-bond acceptors (Lipinski definition) is 6. The average Bonchev–Trinajstić information content (AvgIpc) is 3.10.